The second-order valence-electron chi connectivity index (χ2n) is 8.18. The van der Waals surface area contributed by atoms with Gasteiger partial charge in [0.1, 0.15) is 5.70 Å². The molecule has 2 N–H and O–H groups in total. The van der Waals surface area contributed by atoms with Gasteiger partial charge in [-0.3, -0.25) is 14.4 Å². The van der Waals surface area contributed by atoms with Crippen molar-refractivity contribution >= 4 is 63.0 Å². The molecular formula is C31H22BrClN2O3. The van der Waals surface area contributed by atoms with E-state index in [4.69, 9.17) is 11.6 Å². The van der Waals surface area contributed by atoms with E-state index in [1.54, 1.807) is 66.7 Å². The summed E-state index contributed by atoms with van der Waals surface area (Å²) in [4.78, 5) is 38.5. The zero-order valence-corrected chi connectivity index (χ0v) is 22.4. The van der Waals surface area contributed by atoms with E-state index in [0.717, 1.165) is 15.6 Å². The molecule has 4 aromatic carbocycles. The highest BCUT2D eigenvalue weighted by molar-refractivity contribution is 9.10. The van der Waals surface area contributed by atoms with Gasteiger partial charge in [0.05, 0.1) is 0 Å². The van der Waals surface area contributed by atoms with E-state index in [2.05, 4.69) is 26.6 Å². The molecule has 0 spiro atoms. The van der Waals surface area contributed by atoms with Crippen molar-refractivity contribution in [2.24, 2.45) is 0 Å². The first-order valence-corrected chi connectivity index (χ1v) is 12.8. The largest absolute Gasteiger partial charge is 0.321 e. The smallest absolute Gasteiger partial charge is 0.272 e. The van der Waals surface area contributed by atoms with Crippen LogP contribution in [0.5, 0.6) is 0 Å². The Labute approximate surface area is 234 Å². The Kier molecular flexibility index (Phi) is 9.03. The second-order valence-corrected chi connectivity index (χ2v) is 9.51. The van der Waals surface area contributed by atoms with Crippen LogP contribution < -0.4 is 10.6 Å². The van der Waals surface area contributed by atoms with E-state index < -0.39 is 11.8 Å². The monoisotopic (exact) mass is 584 g/mol. The third-order valence-electron chi connectivity index (χ3n) is 5.44. The van der Waals surface area contributed by atoms with Crippen LogP contribution in [0.3, 0.4) is 0 Å². The predicted octanol–water partition coefficient (Wildman–Crippen LogP) is 7.41. The number of carbonyl (C=O) groups is 3. The summed E-state index contributed by atoms with van der Waals surface area (Å²) in [6.07, 6.45) is 4.71. The number of hydrogen-bond donors (Lipinski definition) is 2. The van der Waals surface area contributed by atoms with Crippen molar-refractivity contribution in [3.63, 3.8) is 0 Å². The first kappa shape index (κ1) is 26.8. The van der Waals surface area contributed by atoms with Crippen LogP contribution in [0.2, 0.25) is 5.02 Å². The molecule has 4 rings (SSSR count). The SMILES string of the molecule is O=C(Nc1ccc(C(=O)/C=C/c2ccccc2Cl)cc1)/C(=C/c1cccc(Br)c1)NC(=O)c1ccccc1. The lowest BCUT2D eigenvalue weighted by atomic mass is 10.1. The number of ketones is 1. The van der Waals surface area contributed by atoms with Crippen LogP contribution in [0, 0.1) is 0 Å². The van der Waals surface area contributed by atoms with Crippen molar-refractivity contribution in [3.05, 3.63) is 147 Å². The lowest BCUT2D eigenvalue weighted by molar-refractivity contribution is -0.113. The average Bonchev–Trinajstić information content (AvgIpc) is 2.93. The van der Waals surface area contributed by atoms with Gasteiger partial charge in [-0.25, -0.2) is 0 Å². The van der Waals surface area contributed by atoms with E-state index >= 15 is 0 Å². The molecule has 4 aromatic rings. The molecule has 0 heterocycles. The number of rotatable bonds is 8. The Balaban J connectivity index is 1.50. The van der Waals surface area contributed by atoms with Crippen LogP contribution >= 0.6 is 27.5 Å². The Morgan fingerprint density at radius 2 is 1.47 bits per heavy atom. The fraction of sp³-hybridized carbons (Fsp3) is 0. The maximum atomic E-state index is 13.2. The van der Waals surface area contributed by atoms with Gasteiger partial charge in [0.2, 0.25) is 0 Å². The maximum absolute atomic E-state index is 13.2. The van der Waals surface area contributed by atoms with Crippen LogP contribution in [-0.2, 0) is 4.79 Å². The van der Waals surface area contributed by atoms with Crippen molar-refractivity contribution in [1.29, 1.82) is 0 Å². The van der Waals surface area contributed by atoms with Crippen LogP contribution in [-0.4, -0.2) is 17.6 Å². The highest BCUT2D eigenvalue weighted by atomic mass is 79.9. The van der Waals surface area contributed by atoms with Gasteiger partial charge in [-0.2, -0.15) is 0 Å². The number of carbonyl (C=O) groups excluding carboxylic acids is 3. The van der Waals surface area contributed by atoms with Crippen molar-refractivity contribution < 1.29 is 14.4 Å². The van der Waals surface area contributed by atoms with Crippen molar-refractivity contribution in [1.82, 2.24) is 5.32 Å². The zero-order valence-electron chi connectivity index (χ0n) is 20.0. The van der Waals surface area contributed by atoms with Gasteiger partial charge in [-0.15, -0.1) is 0 Å². The van der Waals surface area contributed by atoms with Gasteiger partial charge in [0, 0.05) is 26.3 Å². The first-order valence-electron chi connectivity index (χ1n) is 11.6. The van der Waals surface area contributed by atoms with Crippen molar-refractivity contribution in [3.8, 4) is 0 Å². The molecule has 0 aliphatic heterocycles. The number of benzene rings is 4. The minimum absolute atomic E-state index is 0.0692. The lowest BCUT2D eigenvalue weighted by Crippen LogP contribution is -2.30. The quantitative estimate of drug-likeness (QED) is 0.167. The van der Waals surface area contributed by atoms with Gasteiger partial charge in [0.25, 0.3) is 11.8 Å². The molecule has 0 radical (unpaired) electrons. The summed E-state index contributed by atoms with van der Waals surface area (Å²) in [5.41, 5.74) is 2.88. The summed E-state index contributed by atoms with van der Waals surface area (Å²) in [7, 11) is 0. The normalized spacial score (nSPS) is 11.3. The molecule has 2 amide bonds. The molecule has 7 heteroatoms. The third-order valence-corrected chi connectivity index (χ3v) is 6.27. The number of nitrogens with one attached hydrogen (secondary N) is 2. The Morgan fingerprint density at radius 1 is 0.763 bits per heavy atom. The average molecular weight is 586 g/mol. The summed E-state index contributed by atoms with van der Waals surface area (Å²) < 4.78 is 0.837. The Hall–Kier alpha value is -4.26. The summed E-state index contributed by atoms with van der Waals surface area (Å²) in [5, 5.41) is 6.05. The molecule has 0 unspecified atom stereocenters. The van der Waals surface area contributed by atoms with Crippen LogP contribution in [0.4, 0.5) is 5.69 Å². The standard InChI is InChI=1S/C31H22BrClN2O3/c32-25-11-6-7-21(19-25)20-28(35-30(37)24-9-2-1-3-10-24)31(38)34-26-16-13-23(14-17-26)29(36)18-15-22-8-4-5-12-27(22)33/h1-20H,(H,34,38)(H,35,37)/b18-15+,28-20-. The van der Waals surface area contributed by atoms with Crippen molar-refractivity contribution in [2.75, 3.05) is 5.32 Å². The zero-order chi connectivity index (χ0) is 26.9. The minimum atomic E-state index is -0.507. The molecule has 0 atom stereocenters. The Morgan fingerprint density at radius 3 is 2.18 bits per heavy atom. The number of anilines is 1. The number of hydrogen-bond acceptors (Lipinski definition) is 3. The Bertz CT molecular complexity index is 1530. The predicted molar refractivity (Wildman–Crippen MR) is 156 cm³/mol. The van der Waals surface area contributed by atoms with Crippen molar-refractivity contribution in [2.45, 2.75) is 0 Å². The van der Waals surface area contributed by atoms with Crippen LogP contribution in [0.25, 0.3) is 12.2 Å². The van der Waals surface area contributed by atoms with Crippen LogP contribution in [0.15, 0.2) is 119 Å². The summed E-state index contributed by atoms with van der Waals surface area (Å²) in [5.74, 6) is -1.12. The number of amides is 2. The van der Waals surface area contributed by atoms with E-state index in [1.807, 2.05) is 48.5 Å². The van der Waals surface area contributed by atoms with Gasteiger partial charge >= 0.3 is 0 Å². The summed E-state index contributed by atoms with van der Waals surface area (Å²) in [6, 6.07) is 29.7. The minimum Gasteiger partial charge on any atom is -0.321 e. The topological polar surface area (TPSA) is 75.3 Å². The van der Waals surface area contributed by atoms with Gasteiger partial charge in [-0.05, 0) is 84.0 Å². The van der Waals surface area contributed by atoms with E-state index in [1.165, 1.54) is 6.08 Å². The molecule has 0 saturated heterocycles. The summed E-state index contributed by atoms with van der Waals surface area (Å²) >= 11 is 9.56. The first-order chi connectivity index (χ1) is 18.4. The molecule has 38 heavy (non-hydrogen) atoms. The summed E-state index contributed by atoms with van der Waals surface area (Å²) in [6.45, 7) is 0. The molecule has 0 fully saturated rings. The number of halogens is 2. The third kappa shape index (κ3) is 7.38. The molecular weight excluding hydrogens is 564 g/mol. The maximum Gasteiger partial charge on any atom is 0.272 e. The van der Waals surface area contributed by atoms with Gasteiger partial charge < -0.3 is 10.6 Å². The highest BCUT2D eigenvalue weighted by Crippen LogP contribution is 2.18. The fourth-order valence-corrected chi connectivity index (χ4v) is 4.11. The molecule has 0 bridgehead atoms. The van der Waals surface area contributed by atoms with Gasteiger partial charge in [-0.1, -0.05) is 76.1 Å². The van der Waals surface area contributed by atoms with E-state index in [-0.39, 0.29) is 11.5 Å². The van der Waals surface area contributed by atoms with Crippen LogP contribution in [0.1, 0.15) is 31.8 Å². The molecule has 0 saturated carbocycles. The number of allylic oxidation sites excluding steroid dienone is 1. The molecule has 5 nitrogen and oxygen atoms in total. The van der Waals surface area contributed by atoms with E-state index in [9.17, 15) is 14.4 Å². The fourth-order valence-electron chi connectivity index (χ4n) is 3.49. The molecule has 0 aliphatic carbocycles. The van der Waals surface area contributed by atoms with E-state index in [0.29, 0.717) is 21.8 Å². The lowest BCUT2D eigenvalue weighted by Gasteiger charge is -2.12. The molecule has 188 valence electrons. The highest BCUT2D eigenvalue weighted by Gasteiger charge is 2.15. The molecule has 0 aromatic heterocycles. The molecule has 0 aliphatic rings. The second kappa shape index (κ2) is 12.8. The van der Waals surface area contributed by atoms with Gasteiger partial charge in [0.15, 0.2) is 5.78 Å².